The van der Waals surface area contributed by atoms with Crippen LogP contribution in [-0.2, 0) is 16.1 Å². The van der Waals surface area contributed by atoms with Gasteiger partial charge >= 0.3 is 0 Å². The summed E-state index contributed by atoms with van der Waals surface area (Å²) in [5, 5.41) is 6.24. The van der Waals surface area contributed by atoms with E-state index < -0.39 is 6.04 Å². The van der Waals surface area contributed by atoms with Crippen molar-refractivity contribution in [3.05, 3.63) is 47.6 Å². The second kappa shape index (κ2) is 6.09. The molecule has 2 aromatic heterocycles. The van der Waals surface area contributed by atoms with Crippen LogP contribution in [0.1, 0.15) is 18.4 Å². The van der Waals surface area contributed by atoms with Crippen LogP contribution >= 0.6 is 11.3 Å². The van der Waals surface area contributed by atoms with Crippen LogP contribution in [0.25, 0.3) is 10.9 Å². The Morgan fingerprint density at radius 1 is 1.42 bits per heavy atom. The molecule has 24 heavy (non-hydrogen) atoms. The van der Waals surface area contributed by atoms with E-state index in [0.29, 0.717) is 24.5 Å². The number of para-hydroxylation sites is 1. The third-order valence-electron chi connectivity index (χ3n) is 4.31. The van der Waals surface area contributed by atoms with Gasteiger partial charge < -0.3 is 15.2 Å². The predicted molar refractivity (Wildman–Crippen MR) is 92.6 cm³/mol. The molecule has 1 aliphatic rings. The van der Waals surface area contributed by atoms with Crippen LogP contribution in [0.3, 0.4) is 0 Å². The van der Waals surface area contributed by atoms with Crippen molar-refractivity contribution in [1.29, 1.82) is 0 Å². The lowest BCUT2D eigenvalue weighted by Gasteiger charge is -2.23. The van der Waals surface area contributed by atoms with E-state index in [9.17, 15) is 9.59 Å². The number of rotatable bonds is 4. The first-order valence-electron chi connectivity index (χ1n) is 7.77. The van der Waals surface area contributed by atoms with E-state index in [0.717, 1.165) is 16.5 Å². The predicted octanol–water partition coefficient (Wildman–Crippen LogP) is 2.75. The zero-order valence-corrected chi connectivity index (χ0v) is 13.7. The van der Waals surface area contributed by atoms with Gasteiger partial charge in [0.05, 0.1) is 0 Å². The van der Waals surface area contributed by atoms with Gasteiger partial charge in [0.25, 0.3) is 0 Å². The molecule has 0 saturated carbocycles. The molecule has 0 spiro atoms. The first kappa shape index (κ1) is 14.9. The molecule has 122 valence electrons. The first-order chi connectivity index (χ1) is 11.7. The molecule has 0 bridgehead atoms. The Kier molecular flexibility index (Phi) is 3.78. The highest BCUT2D eigenvalue weighted by Crippen LogP contribution is 2.26. The van der Waals surface area contributed by atoms with Crippen molar-refractivity contribution in [1.82, 2.24) is 14.9 Å². The van der Waals surface area contributed by atoms with Crippen LogP contribution < -0.4 is 5.32 Å². The Morgan fingerprint density at radius 2 is 2.29 bits per heavy atom. The average molecular weight is 340 g/mol. The van der Waals surface area contributed by atoms with E-state index >= 15 is 0 Å². The number of likely N-dealkylation sites (tertiary alicyclic amines) is 1. The van der Waals surface area contributed by atoms with Gasteiger partial charge in [-0.25, -0.2) is 4.98 Å². The molecule has 0 radical (unpaired) electrons. The smallest absolute Gasteiger partial charge is 0.248 e. The maximum absolute atomic E-state index is 12.5. The number of carbonyl (C=O) groups is 2. The van der Waals surface area contributed by atoms with E-state index in [1.807, 2.05) is 30.5 Å². The van der Waals surface area contributed by atoms with Crippen LogP contribution in [0.4, 0.5) is 5.13 Å². The van der Waals surface area contributed by atoms with Gasteiger partial charge in [0.2, 0.25) is 11.8 Å². The number of amides is 2. The molecule has 4 rings (SSSR count). The van der Waals surface area contributed by atoms with Crippen molar-refractivity contribution in [3.8, 4) is 0 Å². The molecule has 2 amide bonds. The van der Waals surface area contributed by atoms with Gasteiger partial charge in [0.15, 0.2) is 5.13 Å². The second-order valence-corrected chi connectivity index (χ2v) is 6.66. The van der Waals surface area contributed by atoms with Gasteiger partial charge in [-0.2, -0.15) is 0 Å². The van der Waals surface area contributed by atoms with Crippen LogP contribution in [0, 0.1) is 0 Å². The normalized spacial score (nSPS) is 17.6. The number of fused-ring (bicyclic) bond motifs is 1. The number of benzene rings is 1. The first-order valence-corrected chi connectivity index (χ1v) is 8.65. The zero-order valence-electron chi connectivity index (χ0n) is 12.9. The minimum atomic E-state index is -0.449. The lowest BCUT2D eigenvalue weighted by Crippen LogP contribution is -2.41. The number of carbonyl (C=O) groups excluding carboxylic acids is 2. The zero-order chi connectivity index (χ0) is 16.5. The van der Waals surface area contributed by atoms with E-state index in [1.54, 1.807) is 16.5 Å². The van der Waals surface area contributed by atoms with Gasteiger partial charge in [0, 0.05) is 41.6 Å². The van der Waals surface area contributed by atoms with Gasteiger partial charge in [-0.1, -0.05) is 18.2 Å². The Bertz CT molecular complexity index is 887. The summed E-state index contributed by atoms with van der Waals surface area (Å²) in [6.07, 6.45) is 4.49. The molecular formula is C17H16N4O2S. The highest BCUT2D eigenvalue weighted by Gasteiger charge is 2.36. The number of nitrogens with one attached hydrogen (secondary N) is 2. The third kappa shape index (κ3) is 2.67. The maximum Gasteiger partial charge on any atom is 0.248 e. The van der Waals surface area contributed by atoms with Crippen LogP contribution in [0.5, 0.6) is 0 Å². The van der Waals surface area contributed by atoms with Crippen molar-refractivity contribution in [2.45, 2.75) is 25.4 Å². The van der Waals surface area contributed by atoms with Crippen molar-refractivity contribution in [2.75, 3.05) is 5.32 Å². The number of aromatic nitrogens is 2. The molecule has 3 aromatic rings. The van der Waals surface area contributed by atoms with Crippen molar-refractivity contribution >= 4 is 39.2 Å². The summed E-state index contributed by atoms with van der Waals surface area (Å²) in [5.74, 6) is -0.157. The minimum absolute atomic E-state index is 0.0135. The topological polar surface area (TPSA) is 78.1 Å². The van der Waals surface area contributed by atoms with E-state index in [2.05, 4.69) is 15.3 Å². The summed E-state index contributed by atoms with van der Waals surface area (Å²) >= 11 is 1.37. The molecule has 6 nitrogen and oxygen atoms in total. The van der Waals surface area contributed by atoms with Gasteiger partial charge in [-0.05, 0) is 18.1 Å². The fourth-order valence-corrected chi connectivity index (χ4v) is 3.66. The highest BCUT2D eigenvalue weighted by molar-refractivity contribution is 7.13. The molecule has 1 atom stereocenters. The fourth-order valence-electron chi connectivity index (χ4n) is 3.12. The Balaban J connectivity index is 1.55. The number of hydrogen-bond donors (Lipinski definition) is 2. The molecule has 3 heterocycles. The Hall–Kier alpha value is -2.67. The SMILES string of the molecule is O=C(Nc1nccs1)[C@H]1CCC(=O)N1Cc1c[nH]c2ccccc12. The fraction of sp³-hybridized carbons (Fsp3) is 0.235. The second-order valence-electron chi connectivity index (χ2n) is 5.76. The van der Waals surface area contributed by atoms with Gasteiger partial charge in [0.1, 0.15) is 6.04 Å². The molecule has 1 saturated heterocycles. The average Bonchev–Trinajstić information content (AvgIpc) is 3.30. The van der Waals surface area contributed by atoms with Crippen molar-refractivity contribution in [2.24, 2.45) is 0 Å². The summed E-state index contributed by atoms with van der Waals surface area (Å²) in [5.41, 5.74) is 2.05. The maximum atomic E-state index is 12.5. The van der Waals surface area contributed by atoms with Gasteiger partial charge in [-0.3, -0.25) is 9.59 Å². The number of hydrogen-bond acceptors (Lipinski definition) is 4. The van der Waals surface area contributed by atoms with E-state index in [4.69, 9.17) is 0 Å². The molecular weight excluding hydrogens is 324 g/mol. The van der Waals surface area contributed by atoms with Crippen LogP contribution in [0.2, 0.25) is 0 Å². The van der Waals surface area contributed by atoms with E-state index in [1.165, 1.54) is 11.3 Å². The molecule has 0 aliphatic carbocycles. The standard InChI is InChI=1S/C17H16N4O2S/c22-15-6-5-14(16(23)20-17-18-7-8-24-17)21(15)10-11-9-19-13-4-2-1-3-12(11)13/h1-4,7-9,14,19H,5-6,10H2,(H,18,20,23)/t14-/m1/s1. The summed E-state index contributed by atoms with van der Waals surface area (Å²) in [7, 11) is 0. The molecule has 0 unspecified atom stereocenters. The monoisotopic (exact) mass is 340 g/mol. The van der Waals surface area contributed by atoms with Crippen molar-refractivity contribution < 1.29 is 9.59 Å². The quantitative estimate of drug-likeness (QED) is 0.766. The molecule has 1 aromatic carbocycles. The number of H-pyrrole nitrogens is 1. The summed E-state index contributed by atoms with van der Waals surface area (Å²) in [6.45, 7) is 0.429. The van der Waals surface area contributed by atoms with Gasteiger partial charge in [-0.15, -0.1) is 11.3 Å². The van der Waals surface area contributed by atoms with Crippen molar-refractivity contribution in [3.63, 3.8) is 0 Å². The summed E-state index contributed by atoms with van der Waals surface area (Å²) in [6, 6.07) is 7.51. The lowest BCUT2D eigenvalue weighted by atomic mass is 10.1. The number of nitrogens with zero attached hydrogens (tertiary/aromatic N) is 2. The largest absolute Gasteiger partial charge is 0.361 e. The number of aromatic amines is 1. The van der Waals surface area contributed by atoms with Crippen LogP contribution in [0.15, 0.2) is 42.0 Å². The van der Waals surface area contributed by atoms with E-state index in [-0.39, 0.29) is 11.8 Å². The molecule has 7 heteroatoms. The molecule has 2 N–H and O–H groups in total. The summed E-state index contributed by atoms with van der Waals surface area (Å²) in [4.78, 5) is 33.7. The summed E-state index contributed by atoms with van der Waals surface area (Å²) < 4.78 is 0. The Morgan fingerprint density at radius 3 is 3.12 bits per heavy atom. The third-order valence-corrected chi connectivity index (χ3v) is 5.00. The molecule has 1 fully saturated rings. The molecule has 1 aliphatic heterocycles. The number of thiazole rings is 1. The minimum Gasteiger partial charge on any atom is -0.361 e. The van der Waals surface area contributed by atoms with Crippen LogP contribution in [-0.4, -0.2) is 32.7 Å². The Labute approximate surface area is 142 Å². The number of anilines is 1. The highest BCUT2D eigenvalue weighted by atomic mass is 32.1. The lowest BCUT2D eigenvalue weighted by molar-refractivity contribution is -0.133.